The van der Waals surface area contributed by atoms with Crippen molar-refractivity contribution >= 4 is 26.0 Å². The van der Waals surface area contributed by atoms with Crippen molar-refractivity contribution in [3.63, 3.8) is 0 Å². The fraction of sp³-hybridized carbons (Fsp3) is 0.750. The first kappa shape index (κ1) is 12.9. The van der Waals surface area contributed by atoms with Gasteiger partial charge in [0.15, 0.2) is 4.60 Å². The maximum absolute atomic E-state index is 12.0. The van der Waals surface area contributed by atoms with E-state index in [-0.39, 0.29) is 22.3 Å². The second kappa shape index (κ2) is 5.01. The van der Waals surface area contributed by atoms with Crippen molar-refractivity contribution in [3.8, 4) is 0 Å². The van der Waals surface area contributed by atoms with Gasteiger partial charge in [-0.05, 0) is 28.8 Å². The lowest BCUT2D eigenvalue weighted by Crippen LogP contribution is -2.33. The molecule has 0 spiro atoms. The molecule has 1 aromatic heterocycles. The van der Waals surface area contributed by atoms with Gasteiger partial charge in [-0.1, -0.05) is 5.21 Å². The third kappa shape index (κ3) is 2.84. The number of nitrogens with one attached hydrogen (secondary N) is 1. The summed E-state index contributed by atoms with van der Waals surface area (Å²) in [5.41, 5.74) is 0. The Morgan fingerprint density at radius 3 is 2.94 bits per heavy atom. The van der Waals surface area contributed by atoms with Crippen molar-refractivity contribution in [2.75, 3.05) is 13.2 Å². The lowest BCUT2D eigenvalue weighted by atomic mass is 10.2. The van der Waals surface area contributed by atoms with Gasteiger partial charge in [0.25, 0.3) is 10.0 Å². The number of halogens is 1. The van der Waals surface area contributed by atoms with E-state index < -0.39 is 10.0 Å². The minimum atomic E-state index is -3.60. The van der Waals surface area contributed by atoms with Gasteiger partial charge in [-0.3, -0.25) is 0 Å². The lowest BCUT2D eigenvalue weighted by molar-refractivity contribution is 0.114. The molecule has 1 saturated heterocycles. The number of hydrogen-bond donors (Lipinski definition) is 1. The molecule has 0 bridgehead atoms. The van der Waals surface area contributed by atoms with Crippen LogP contribution in [0.25, 0.3) is 0 Å². The Hall–Kier alpha value is -0.510. The number of nitrogens with zero attached hydrogens (tertiary/aromatic N) is 3. The molecule has 2 heterocycles. The van der Waals surface area contributed by atoms with Gasteiger partial charge in [0.2, 0.25) is 5.03 Å². The Balaban J connectivity index is 2.08. The van der Waals surface area contributed by atoms with Gasteiger partial charge in [0, 0.05) is 20.2 Å². The number of hydrogen-bond acceptors (Lipinski definition) is 5. The molecule has 17 heavy (non-hydrogen) atoms. The van der Waals surface area contributed by atoms with Crippen molar-refractivity contribution in [2.24, 2.45) is 7.05 Å². The normalized spacial score (nSPS) is 20.9. The third-order valence-corrected chi connectivity index (χ3v) is 4.83. The zero-order valence-electron chi connectivity index (χ0n) is 9.26. The van der Waals surface area contributed by atoms with E-state index in [0.29, 0.717) is 6.61 Å². The van der Waals surface area contributed by atoms with Crippen molar-refractivity contribution in [3.05, 3.63) is 4.60 Å². The van der Waals surface area contributed by atoms with E-state index in [4.69, 9.17) is 4.74 Å². The summed E-state index contributed by atoms with van der Waals surface area (Å²) in [7, 11) is -2.08. The van der Waals surface area contributed by atoms with Crippen LogP contribution in [0.3, 0.4) is 0 Å². The van der Waals surface area contributed by atoms with Crippen molar-refractivity contribution < 1.29 is 13.2 Å². The van der Waals surface area contributed by atoms with E-state index in [2.05, 4.69) is 31.0 Å². The van der Waals surface area contributed by atoms with Crippen LogP contribution < -0.4 is 4.72 Å². The summed E-state index contributed by atoms with van der Waals surface area (Å²) in [6, 6.07) is 0. The predicted molar refractivity (Wildman–Crippen MR) is 62.9 cm³/mol. The van der Waals surface area contributed by atoms with Gasteiger partial charge in [0.05, 0.1) is 6.10 Å². The molecule has 2 rings (SSSR count). The number of rotatable bonds is 4. The highest BCUT2D eigenvalue weighted by Gasteiger charge is 2.25. The molecule has 7 nitrogen and oxygen atoms in total. The number of ether oxygens (including phenoxy) is 1. The van der Waals surface area contributed by atoms with Crippen LogP contribution in [0.1, 0.15) is 12.8 Å². The first-order valence-electron chi connectivity index (χ1n) is 5.17. The molecule has 1 aliphatic heterocycles. The summed E-state index contributed by atoms with van der Waals surface area (Å²) in [5, 5.41) is 7.30. The smallest absolute Gasteiger partial charge is 0.260 e. The topological polar surface area (TPSA) is 86.1 Å². The molecule has 1 N–H and O–H groups in total. The van der Waals surface area contributed by atoms with Gasteiger partial charge in [-0.2, -0.15) is 0 Å². The summed E-state index contributed by atoms with van der Waals surface area (Å²) in [6.45, 7) is 0.976. The molecule has 96 valence electrons. The van der Waals surface area contributed by atoms with Crippen LogP contribution in [0.2, 0.25) is 0 Å². The van der Waals surface area contributed by atoms with E-state index in [0.717, 1.165) is 12.8 Å². The SMILES string of the molecule is Cn1nnc(Br)c1S(=O)(=O)NCC1CCCO1. The first-order valence-corrected chi connectivity index (χ1v) is 7.45. The first-order chi connectivity index (χ1) is 8.00. The van der Waals surface area contributed by atoms with Crippen molar-refractivity contribution in [2.45, 2.75) is 24.0 Å². The van der Waals surface area contributed by atoms with Gasteiger partial charge < -0.3 is 4.74 Å². The Bertz CT molecular complexity index is 475. The Kier molecular flexibility index (Phi) is 3.81. The zero-order chi connectivity index (χ0) is 12.5. The fourth-order valence-electron chi connectivity index (χ4n) is 1.68. The number of aromatic nitrogens is 3. The molecule has 1 atom stereocenters. The molecular weight excluding hydrogens is 312 g/mol. The van der Waals surface area contributed by atoms with E-state index in [1.54, 1.807) is 0 Å². The van der Waals surface area contributed by atoms with Crippen LogP contribution in [0.5, 0.6) is 0 Å². The largest absolute Gasteiger partial charge is 0.377 e. The summed E-state index contributed by atoms with van der Waals surface area (Å²) >= 11 is 3.06. The van der Waals surface area contributed by atoms with Gasteiger partial charge >= 0.3 is 0 Å². The summed E-state index contributed by atoms with van der Waals surface area (Å²) in [4.78, 5) is 0. The monoisotopic (exact) mass is 324 g/mol. The van der Waals surface area contributed by atoms with Crippen LogP contribution in [0, 0.1) is 0 Å². The maximum atomic E-state index is 12.0. The minimum absolute atomic E-state index is 0.0236. The van der Waals surface area contributed by atoms with E-state index in [1.165, 1.54) is 11.7 Å². The van der Waals surface area contributed by atoms with Crippen LogP contribution in [-0.2, 0) is 21.8 Å². The molecular formula is C8H13BrN4O3S. The van der Waals surface area contributed by atoms with Gasteiger partial charge in [0.1, 0.15) is 0 Å². The van der Waals surface area contributed by atoms with Gasteiger partial charge in [-0.25, -0.2) is 17.8 Å². The average molecular weight is 325 g/mol. The predicted octanol–water partition coefficient (Wildman–Crippen LogP) is 0.0349. The molecule has 1 unspecified atom stereocenters. The highest BCUT2D eigenvalue weighted by atomic mass is 79.9. The van der Waals surface area contributed by atoms with Gasteiger partial charge in [-0.15, -0.1) is 5.10 Å². The Labute approximate surface area is 108 Å². The van der Waals surface area contributed by atoms with Crippen molar-refractivity contribution in [1.29, 1.82) is 0 Å². The van der Waals surface area contributed by atoms with Crippen LogP contribution >= 0.6 is 15.9 Å². The Morgan fingerprint density at radius 2 is 2.41 bits per heavy atom. The molecule has 0 aliphatic carbocycles. The molecule has 1 fully saturated rings. The molecule has 1 aromatic rings. The molecule has 0 amide bonds. The zero-order valence-corrected chi connectivity index (χ0v) is 11.7. The fourth-order valence-corrected chi connectivity index (χ4v) is 3.84. The minimum Gasteiger partial charge on any atom is -0.377 e. The molecule has 1 aliphatic rings. The van der Waals surface area contributed by atoms with Crippen LogP contribution in [0.4, 0.5) is 0 Å². The van der Waals surface area contributed by atoms with Crippen LogP contribution in [-0.4, -0.2) is 42.7 Å². The Morgan fingerprint density at radius 1 is 1.65 bits per heavy atom. The van der Waals surface area contributed by atoms with Crippen LogP contribution in [0.15, 0.2) is 9.63 Å². The molecule has 0 saturated carbocycles. The molecule has 0 aromatic carbocycles. The summed E-state index contributed by atoms with van der Waals surface area (Å²) in [5.74, 6) is 0. The highest BCUT2D eigenvalue weighted by molar-refractivity contribution is 9.10. The number of aryl methyl sites for hydroxylation is 1. The lowest BCUT2D eigenvalue weighted by Gasteiger charge is -2.11. The third-order valence-electron chi connectivity index (χ3n) is 2.52. The van der Waals surface area contributed by atoms with E-state index >= 15 is 0 Å². The second-order valence-electron chi connectivity index (χ2n) is 3.80. The maximum Gasteiger partial charge on any atom is 0.260 e. The number of sulfonamides is 1. The second-order valence-corrected chi connectivity index (χ2v) is 6.23. The summed E-state index contributed by atoms with van der Waals surface area (Å²) in [6.07, 6.45) is 1.82. The highest BCUT2D eigenvalue weighted by Crippen LogP contribution is 2.18. The van der Waals surface area contributed by atoms with E-state index in [9.17, 15) is 8.42 Å². The average Bonchev–Trinajstić information content (AvgIpc) is 2.86. The van der Waals surface area contributed by atoms with E-state index in [1.807, 2.05) is 0 Å². The standard InChI is InChI=1S/C8H13BrN4O3S/c1-13-8(7(9)11-12-13)17(14,15)10-5-6-3-2-4-16-6/h6,10H,2-5H2,1H3. The molecule has 0 radical (unpaired) electrons. The summed E-state index contributed by atoms with van der Waals surface area (Å²) < 4.78 is 33.3. The molecule has 9 heteroatoms. The quantitative estimate of drug-likeness (QED) is 0.844. The van der Waals surface area contributed by atoms with Crippen molar-refractivity contribution in [1.82, 2.24) is 19.7 Å².